The van der Waals surface area contributed by atoms with Crippen LogP contribution in [0.1, 0.15) is 35.7 Å². The molecule has 0 spiro atoms. The van der Waals surface area contributed by atoms with Crippen molar-refractivity contribution in [2.24, 2.45) is 5.73 Å². The van der Waals surface area contributed by atoms with E-state index >= 15 is 0 Å². The van der Waals surface area contributed by atoms with Gasteiger partial charge in [0.15, 0.2) is 0 Å². The Labute approximate surface area is 131 Å². The molecule has 0 unspecified atom stereocenters. The predicted octanol–water partition coefficient (Wildman–Crippen LogP) is 3.58. The van der Waals surface area contributed by atoms with Gasteiger partial charge in [0.25, 0.3) is 5.91 Å². The fraction of sp³-hybridized carbons (Fsp3) is 0.278. The number of rotatable bonds is 7. The molecule has 116 valence electrons. The number of amides is 1. The van der Waals surface area contributed by atoms with Crippen LogP contribution >= 0.6 is 0 Å². The molecule has 0 fully saturated rings. The van der Waals surface area contributed by atoms with Crippen LogP contribution in [0.2, 0.25) is 0 Å². The Morgan fingerprint density at radius 1 is 1.18 bits per heavy atom. The van der Waals surface area contributed by atoms with Crippen molar-refractivity contribution < 1.29 is 9.53 Å². The van der Waals surface area contributed by atoms with Gasteiger partial charge in [-0.05, 0) is 48.4 Å². The average molecular weight is 298 g/mol. The molecule has 0 aromatic heterocycles. The van der Waals surface area contributed by atoms with Gasteiger partial charge in [0.2, 0.25) is 0 Å². The third kappa shape index (κ3) is 4.60. The molecule has 0 aliphatic heterocycles. The zero-order valence-electron chi connectivity index (χ0n) is 12.8. The van der Waals surface area contributed by atoms with Crippen LogP contribution in [-0.2, 0) is 6.54 Å². The minimum absolute atomic E-state index is 0.144. The Morgan fingerprint density at radius 2 is 1.95 bits per heavy atom. The lowest BCUT2D eigenvalue weighted by atomic mass is 10.1. The van der Waals surface area contributed by atoms with Crippen LogP contribution in [0.5, 0.6) is 5.75 Å². The molecule has 4 heteroatoms. The number of benzene rings is 2. The van der Waals surface area contributed by atoms with E-state index in [9.17, 15) is 4.79 Å². The van der Waals surface area contributed by atoms with Crippen LogP contribution in [-0.4, -0.2) is 12.5 Å². The van der Waals surface area contributed by atoms with Crippen LogP contribution in [0.3, 0.4) is 0 Å². The summed E-state index contributed by atoms with van der Waals surface area (Å²) in [6.45, 7) is 3.28. The van der Waals surface area contributed by atoms with Crippen LogP contribution in [0, 0.1) is 0 Å². The maximum atomic E-state index is 12.2. The lowest BCUT2D eigenvalue weighted by molar-refractivity contribution is 0.102. The van der Waals surface area contributed by atoms with E-state index in [2.05, 4.69) is 12.2 Å². The Hall–Kier alpha value is -2.33. The minimum Gasteiger partial charge on any atom is -0.494 e. The van der Waals surface area contributed by atoms with Gasteiger partial charge in [-0.25, -0.2) is 0 Å². The molecule has 1 amide bonds. The molecule has 22 heavy (non-hydrogen) atoms. The summed E-state index contributed by atoms with van der Waals surface area (Å²) in [6, 6.07) is 14.7. The lowest BCUT2D eigenvalue weighted by Crippen LogP contribution is -2.12. The van der Waals surface area contributed by atoms with Crippen molar-refractivity contribution in [1.29, 1.82) is 0 Å². The smallest absolute Gasteiger partial charge is 0.255 e. The van der Waals surface area contributed by atoms with E-state index in [1.54, 1.807) is 12.1 Å². The van der Waals surface area contributed by atoms with Crippen molar-refractivity contribution in [2.45, 2.75) is 26.3 Å². The number of nitrogens with two attached hydrogens (primary N) is 1. The monoisotopic (exact) mass is 298 g/mol. The van der Waals surface area contributed by atoms with Gasteiger partial charge in [-0.2, -0.15) is 0 Å². The molecule has 0 atom stereocenters. The molecule has 0 heterocycles. The van der Waals surface area contributed by atoms with Gasteiger partial charge in [-0.1, -0.05) is 25.5 Å². The van der Waals surface area contributed by atoms with Gasteiger partial charge in [0, 0.05) is 17.8 Å². The number of carbonyl (C=O) groups is 1. The standard InChI is InChI=1S/C18H22N2O2/c1-2-3-11-22-17-9-7-15(8-10-17)18(21)20-16-6-4-5-14(12-16)13-19/h4-10,12H,2-3,11,13,19H2,1H3,(H,20,21). The van der Waals surface area contributed by atoms with E-state index in [4.69, 9.17) is 10.5 Å². The molecule has 2 aromatic carbocycles. The molecule has 4 nitrogen and oxygen atoms in total. The Bertz CT molecular complexity index is 609. The van der Waals surface area contributed by atoms with Crippen molar-refractivity contribution in [1.82, 2.24) is 0 Å². The molecule has 2 rings (SSSR count). The summed E-state index contributed by atoms with van der Waals surface area (Å²) in [4.78, 5) is 12.2. The summed E-state index contributed by atoms with van der Waals surface area (Å²) in [6.07, 6.45) is 2.13. The molecule has 0 aliphatic carbocycles. The topological polar surface area (TPSA) is 64.3 Å². The highest BCUT2D eigenvalue weighted by molar-refractivity contribution is 6.04. The molecule has 3 N–H and O–H groups in total. The zero-order valence-corrected chi connectivity index (χ0v) is 12.8. The summed E-state index contributed by atoms with van der Waals surface area (Å²) >= 11 is 0. The Balaban J connectivity index is 1.97. The lowest BCUT2D eigenvalue weighted by Gasteiger charge is -2.08. The third-order valence-electron chi connectivity index (χ3n) is 3.30. The van der Waals surface area contributed by atoms with Crippen molar-refractivity contribution in [3.05, 3.63) is 59.7 Å². The van der Waals surface area contributed by atoms with E-state index < -0.39 is 0 Å². The van der Waals surface area contributed by atoms with Gasteiger partial charge < -0.3 is 15.8 Å². The molecular formula is C18H22N2O2. The van der Waals surface area contributed by atoms with Crippen LogP contribution in [0.4, 0.5) is 5.69 Å². The second-order valence-electron chi connectivity index (χ2n) is 5.09. The number of nitrogens with one attached hydrogen (secondary N) is 1. The quantitative estimate of drug-likeness (QED) is 0.768. The highest BCUT2D eigenvalue weighted by Gasteiger charge is 2.06. The van der Waals surface area contributed by atoms with E-state index in [1.807, 2.05) is 36.4 Å². The number of carbonyl (C=O) groups excluding carboxylic acids is 1. The van der Waals surface area contributed by atoms with Gasteiger partial charge in [0.1, 0.15) is 5.75 Å². The van der Waals surface area contributed by atoms with Crippen molar-refractivity contribution in [3.63, 3.8) is 0 Å². The average Bonchev–Trinajstić information content (AvgIpc) is 2.56. The number of anilines is 1. The van der Waals surface area contributed by atoms with Crippen LogP contribution < -0.4 is 15.8 Å². The number of unbranched alkanes of at least 4 members (excludes halogenated alkanes) is 1. The summed E-state index contributed by atoms with van der Waals surface area (Å²) in [5.74, 6) is 0.643. The molecular weight excluding hydrogens is 276 g/mol. The van der Waals surface area contributed by atoms with Crippen molar-refractivity contribution in [2.75, 3.05) is 11.9 Å². The first kappa shape index (κ1) is 16.0. The maximum absolute atomic E-state index is 12.2. The van der Waals surface area contributed by atoms with Crippen molar-refractivity contribution in [3.8, 4) is 5.75 Å². The Kier molecular flexibility index (Phi) is 5.98. The van der Waals surface area contributed by atoms with Gasteiger partial charge in [0.05, 0.1) is 6.61 Å². The molecule has 0 bridgehead atoms. The van der Waals surface area contributed by atoms with Crippen LogP contribution in [0.15, 0.2) is 48.5 Å². The number of ether oxygens (including phenoxy) is 1. The second kappa shape index (κ2) is 8.20. The first-order chi connectivity index (χ1) is 10.7. The fourth-order valence-corrected chi connectivity index (χ4v) is 2.02. The third-order valence-corrected chi connectivity index (χ3v) is 3.30. The fourth-order valence-electron chi connectivity index (χ4n) is 2.02. The van der Waals surface area contributed by atoms with Gasteiger partial charge >= 0.3 is 0 Å². The summed E-state index contributed by atoms with van der Waals surface area (Å²) in [5, 5.41) is 2.87. The molecule has 0 saturated carbocycles. The normalized spacial score (nSPS) is 10.3. The first-order valence-corrected chi connectivity index (χ1v) is 7.56. The highest BCUT2D eigenvalue weighted by Crippen LogP contribution is 2.15. The second-order valence-corrected chi connectivity index (χ2v) is 5.09. The van der Waals surface area contributed by atoms with E-state index in [1.165, 1.54) is 0 Å². The molecule has 2 aromatic rings. The molecule has 0 saturated heterocycles. The maximum Gasteiger partial charge on any atom is 0.255 e. The highest BCUT2D eigenvalue weighted by atomic mass is 16.5. The van der Waals surface area contributed by atoms with Crippen molar-refractivity contribution >= 4 is 11.6 Å². The van der Waals surface area contributed by atoms with E-state index in [0.717, 1.165) is 29.8 Å². The summed E-state index contributed by atoms with van der Waals surface area (Å²) < 4.78 is 5.58. The Morgan fingerprint density at radius 3 is 2.64 bits per heavy atom. The predicted molar refractivity (Wildman–Crippen MR) is 89.1 cm³/mol. The van der Waals surface area contributed by atoms with Gasteiger partial charge in [-0.15, -0.1) is 0 Å². The number of hydrogen-bond acceptors (Lipinski definition) is 3. The summed E-state index contributed by atoms with van der Waals surface area (Å²) in [7, 11) is 0. The van der Waals surface area contributed by atoms with Gasteiger partial charge in [-0.3, -0.25) is 4.79 Å². The first-order valence-electron chi connectivity index (χ1n) is 7.56. The minimum atomic E-state index is -0.144. The largest absolute Gasteiger partial charge is 0.494 e. The SMILES string of the molecule is CCCCOc1ccc(C(=O)Nc2cccc(CN)c2)cc1. The van der Waals surface area contributed by atoms with Crippen LogP contribution in [0.25, 0.3) is 0 Å². The van der Waals surface area contributed by atoms with E-state index in [-0.39, 0.29) is 5.91 Å². The zero-order chi connectivity index (χ0) is 15.8. The molecule has 0 radical (unpaired) electrons. The van der Waals surface area contributed by atoms with E-state index in [0.29, 0.717) is 18.7 Å². The number of hydrogen-bond donors (Lipinski definition) is 2. The molecule has 0 aliphatic rings. The summed E-state index contributed by atoms with van der Waals surface area (Å²) in [5.41, 5.74) is 7.93.